The number of rotatable bonds is 6. The Morgan fingerprint density at radius 1 is 1.32 bits per heavy atom. The maximum Gasteiger partial charge on any atom is 0.244 e. The van der Waals surface area contributed by atoms with Crippen molar-refractivity contribution in [2.75, 3.05) is 23.8 Å². The number of sulfone groups is 1. The summed E-state index contributed by atoms with van der Waals surface area (Å²) in [5, 5.41) is 2.53. The van der Waals surface area contributed by atoms with Crippen LogP contribution in [0.15, 0.2) is 30.3 Å². The fourth-order valence-corrected chi connectivity index (χ4v) is 2.01. The zero-order chi connectivity index (χ0) is 14.3. The van der Waals surface area contributed by atoms with Crippen LogP contribution in [0.25, 0.3) is 6.08 Å². The predicted molar refractivity (Wildman–Crippen MR) is 77.2 cm³/mol. The molecule has 0 fully saturated rings. The largest absolute Gasteiger partial charge is 0.399 e. The number of carbonyl (C=O) groups is 1. The number of nitrogens with one attached hydrogen (secondary N) is 1. The van der Waals surface area contributed by atoms with Gasteiger partial charge in [0.15, 0.2) is 9.84 Å². The highest BCUT2D eigenvalue weighted by molar-refractivity contribution is 7.91. The summed E-state index contributed by atoms with van der Waals surface area (Å²) in [6.45, 7) is 1.71. The summed E-state index contributed by atoms with van der Waals surface area (Å²) in [6.07, 6.45) is 3.01. The van der Waals surface area contributed by atoms with Gasteiger partial charge in [0.25, 0.3) is 0 Å². The molecule has 1 rings (SSSR count). The van der Waals surface area contributed by atoms with Crippen molar-refractivity contribution in [3.63, 3.8) is 0 Å². The lowest BCUT2D eigenvalue weighted by molar-refractivity contribution is -0.116. The fourth-order valence-electron chi connectivity index (χ4n) is 1.31. The molecular weight excluding hydrogens is 264 g/mol. The van der Waals surface area contributed by atoms with E-state index in [1.807, 2.05) is 0 Å². The normalized spacial score (nSPS) is 11.6. The van der Waals surface area contributed by atoms with Crippen LogP contribution in [0.1, 0.15) is 12.5 Å². The average molecular weight is 282 g/mol. The van der Waals surface area contributed by atoms with Crippen LogP contribution < -0.4 is 11.1 Å². The molecule has 0 aliphatic heterocycles. The predicted octanol–water partition coefficient (Wildman–Crippen LogP) is 0.833. The van der Waals surface area contributed by atoms with Crippen LogP contribution in [0.5, 0.6) is 0 Å². The Kier molecular flexibility index (Phi) is 5.57. The van der Waals surface area contributed by atoms with Crippen molar-refractivity contribution in [1.82, 2.24) is 5.32 Å². The van der Waals surface area contributed by atoms with Crippen LogP contribution in [0.4, 0.5) is 5.69 Å². The molecule has 0 unspecified atom stereocenters. The second-order valence-corrected chi connectivity index (χ2v) is 6.50. The van der Waals surface area contributed by atoms with Gasteiger partial charge in [0.05, 0.1) is 5.75 Å². The van der Waals surface area contributed by atoms with Crippen LogP contribution in [-0.4, -0.2) is 32.4 Å². The quantitative estimate of drug-likeness (QED) is 0.597. The van der Waals surface area contributed by atoms with E-state index >= 15 is 0 Å². The van der Waals surface area contributed by atoms with E-state index in [1.54, 1.807) is 37.3 Å². The molecule has 0 aromatic heterocycles. The molecule has 0 aliphatic rings. The van der Waals surface area contributed by atoms with Crippen LogP contribution in [-0.2, 0) is 14.6 Å². The van der Waals surface area contributed by atoms with Gasteiger partial charge >= 0.3 is 0 Å². The van der Waals surface area contributed by atoms with Crippen LogP contribution in [0, 0.1) is 0 Å². The van der Waals surface area contributed by atoms with E-state index in [0.717, 1.165) is 5.56 Å². The van der Waals surface area contributed by atoms with Gasteiger partial charge in [-0.05, 0) is 23.8 Å². The Morgan fingerprint density at radius 2 is 1.95 bits per heavy atom. The lowest BCUT2D eigenvalue weighted by Gasteiger charge is -2.02. The molecule has 0 radical (unpaired) electrons. The molecule has 0 heterocycles. The summed E-state index contributed by atoms with van der Waals surface area (Å²) in [6, 6.07) is 7.07. The summed E-state index contributed by atoms with van der Waals surface area (Å²) in [5.74, 6) is -0.266. The highest BCUT2D eigenvalue weighted by atomic mass is 32.2. The molecule has 0 aliphatic carbocycles. The fraction of sp³-hybridized carbons (Fsp3) is 0.308. The van der Waals surface area contributed by atoms with Gasteiger partial charge < -0.3 is 11.1 Å². The van der Waals surface area contributed by atoms with Gasteiger partial charge in [-0.2, -0.15) is 0 Å². The highest BCUT2D eigenvalue weighted by Gasteiger charge is 2.06. The standard InChI is InChI=1S/C13H18N2O3S/c1-2-19(17,18)10-9-15-13(16)8-5-11-3-6-12(14)7-4-11/h3-8H,2,9-10,14H2,1H3,(H,15,16)/b8-5+. The number of carbonyl (C=O) groups excluding carboxylic acids is 1. The number of nitrogen functional groups attached to an aromatic ring is 1. The van der Waals surface area contributed by atoms with E-state index in [0.29, 0.717) is 5.69 Å². The Bertz CT molecular complexity index is 548. The maximum absolute atomic E-state index is 11.4. The van der Waals surface area contributed by atoms with E-state index < -0.39 is 9.84 Å². The summed E-state index contributed by atoms with van der Waals surface area (Å²) < 4.78 is 22.4. The minimum Gasteiger partial charge on any atom is -0.399 e. The molecule has 6 heteroatoms. The number of hydrogen-bond donors (Lipinski definition) is 2. The third-order valence-electron chi connectivity index (χ3n) is 2.52. The van der Waals surface area contributed by atoms with Gasteiger partial charge in [-0.25, -0.2) is 8.42 Å². The molecule has 104 valence electrons. The number of hydrogen-bond acceptors (Lipinski definition) is 4. The van der Waals surface area contributed by atoms with Gasteiger partial charge in [0, 0.05) is 24.1 Å². The van der Waals surface area contributed by atoms with Crippen molar-refractivity contribution in [2.45, 2.75) is 6.92 Å². The first-order valence-electron chi connectivity index (χ1n) is 5.95. The maximum atomic E-state index is 11.4. The topological polar surface area (TPSA) is 89.3 Å². The van der Waals surface area contributed by atoms with Gasteiger partial charge in [-0.15, -0.1) is 0 Å². The highest BCUT2D eigenvalue weighted by Crippen LogP contribution is 2.06. The Morgan fingerprint density at radius 3 is 2.53 bits per heavy atom. The molecule has 19 heavy (non-hydrogen) atoms. The van der Waals surface area contributed by atoms with E-state index in [1.165, 1.54) is 6.08 Å². The monoisotopic (exact) mass is 282 g/mol. The number of nitrogens with two attached hydrogens (primary N) is 1. The van der Waals surface area contributed by atoms with E-state index in [9.17, 15) is 13.2 Å². The van der Waals surface area contributed by atoms with Crippen LogP contribution in [0.3, 0.4) is 0 Å². The summed E-state index contributed by atoms with van der Waals surface area (Å²) in [4.78, 5) is 11.4. The Labute approximate surface area is 113 Å². The first kappa shape index (κ1) is 15.2. The SMILES string of the molecule is CCS(=O)(=O)CCNC(=O)/C=C/c1ccc(N)cc1. The first-order chi connectivity index (χ1) is 8.93. The first-order valence-corrected chi connectivity index (χ1v) is 7.77. The van der Waals surface area contributed by atoms with E-state index in [-0.39, 0.29) is 24.0 Å². The zero-order valence-corrected chi connectivity index (χ0v) is 11.6. The molecule has 3 N–H and O–H groups in total. The second-order valence-electron chi connectivity index (χ2n) is 4.03. The molecule has 0 atom stereocenters. The van der Waals surface area contributed by atoms with E-state index in [4.69, 9.17) is 5.73 Å². The lowest BCUT2D eigenvalue weighted by Crippen LogP contribution is -2.28. The minimum atomic E-state index is -3.04. The number of anilines is 1. The third-order valence-corrected chi connectivity index (χ3v) is 4.22. The summed E-state index contributed by atoms with van der Waals surface area (Å²) in [5.41, 5.74) is 7.05. The molecule has 1 aromatic rings. The van der Waals surface area contributed by atoms with Crippen molar-refractivity contribution >= 4 is 27.5 Å². The Balaban J connectivity index is 2.41. The number of amides is 1. The number of benzene rings is 1. The average Bonchev–Trinajstić information content (AvgIpc) is 2.38. The zero-order valence-electron chi connectivity index (χ0n) is 10.8. The van der Waals surface area contributed by atoms with Crippen molar-refractivity contribution in [1.29, 1.82) is 0 Å². The molecular formula is C13H18N2O3S. The molecule has 1 aromatic carbocycles. The van der Waals surface area contributed by atoms with Crippen LogP contribution in [0.2, 0.25) is 0 Å². The smallest absolute Gasteiger partial charge is 0.244 e. The Hall–Kier alpha value is -1.82. The minimum absolute atomic E-state index is 0.0368. The molecule has 0 saturated heterocycles. The van der Waals surface area contributed by atoms with Crippen molar-refractivity contribution in [3.05, 3.63) is 35.9 Å². The lowest BCUT2D eigenvalue weighted by atomic mass is 10.2. The van der Waals surface area contributed by atoms with E-state index in [2.05, 4.69) is 5.32 Å². The van der Waals surface area contributed by atoms with Crippen molar-refractivity contribution < 1.29 is 13.2 Å². The molecule has 0 spiro atoms. The molecule has 0 bridgehead atoms. The third kappa shape index (κ3) is 6.05. The van der Waals surface area contributed by atoms with Gasteiger partial charge in [0.2, 0.25) is 5.91 Å². The van der Waals surface area contributed by atoms with Crippen LogP contribution >= 0.6 is 0 Å². The molecule has 0 saturated carbocycles. The van der Waals surface area contributed by atoms with Gasteiger partial charge in [0.1, 0.15) is 0 Å². The van der Waals surface area contributed by atoms with Crippen molar-refractivity contribution in [2.24, 2.45) is 0 Å². The molecule has 5 nitrogen and oxygen atoms in total. The summed E-state index contributed by atoms with van der Waals surface area (Å²) >= 11 is 0. The van der Waals surface area contributed by atoms with Gasteiger partial charge in [-0.1, -0.05) is 19.1 Å². The molecule has 1 amide bonds. The van der Waals surface area contributed by atoms with Crippen molar-refractivity contribution in [3.8, 4) is 0 Å². The summed E-state index contributed by atoms with van der Waals surface area (Å²) in [7, 11) is -3.04. The second kappa shape index (κ2) is 6.94. The van der Waals surface area contributed by atoms with Gasteiger partial charge in [-0.3, -0.25) is 4.79 Å².